The smallest absolute Gasteiger partial charge is 0.262 e. The first-order valence-electron chi connectivity index (χ1n) is 8.50. The van der Waals surface area contributed by atoms with Crippen LogP contribution in [0.15, 0.2) is 45.8 Å². The molecule has 1 aliphatic heterocycles. The van der Waals surface area contributed by atoms with Crippen LogP contribution in [0.25, 0.3) is 0 Å². The predicted molar refractivity (Wildman–Crippen MR) is 111 cm³/mol. The number of halogens is 1. The molecule has 0 spiro atoms. The molecule has 3 rings (SSSR count). The van der Waals surface area contributed by atoms with Gasteiger partial charge in [-0.05, 0) is 62.1 Å². The summed E-state index contributed by atoms with van der Waals surface area (Å²) >= 11 is 3.39. The van der Waals surface area contributed by atoms with Crippen molar-refractivity contribution in [3.63, 3.8) is 0 Å². The van der Waals surface area contributed by atoms with E-state index in [1.807, 2.05) is 13.0 Å². The number of hydrogen-bond donors (Lipinski definition) is 1. The standard InChI is InChI=1S/C18H21BrN2O4S2/c1-13-5-7-15(11-17(13)19)20-27(24,25)18-12-16(8-6-14(18)2)21-9-3-4-10-26(21,22)23/h5-8,11-12,20H,3-4,9-10H2,1-2H3. The molecule has 1 heterocycles. The summed E-state index contributed by atoms with van der Waals surface area (Å²) in [5.41, 5.74) is 2.35. The maximum Gasteiger partial charge on any atom is 0.262 e. The van der Waals surface area contributed by atoms with E-state index in [4.69, 9.17) is 0 Å². The van der Waals surface area contributed by atoms with E-state index in [0.717, 1.165) is 16.5 Å². The average molecular weight is 473 g/mol. The van der Waals surface area contributed by atoms with Crippen molar-refractivity contribution in [3.8, 4) is 0 Å². The quantitative estimate of drug-likeness (QED) is 0.733. The highest BCUT2D eigenvalue weighted by atomic mass is 79.9. The van der Waals surface area contributed by atoms with Gasteiger partial charge in [-0.3, -0.25) is 9.03 Å². The Kier molecular flexibility index (Phi) is 5.56. The molecule has 1 fully saturated rings. The van der Waals surface area contributed by atoms with Crippen LogP contribution in [0.1, 0.15) is 24.0 Å². The highest BCUT2D eigenvalue weighted by molar-refractivity contribution is 9.10. The second-order valence-electron chi connectivity index (χ2n) is 6.61. The van der Waals surface area contributed by atoms with Crippen molar-refractivity contribution in [1.82, 2.24) is 0 Å². The molecule has 2 aromatic rings. The van der Waals surface area contributed by atoms with Gasteiger partial charge < -0.3 is 0 Å². The van der Waals surface area contributed by atoms with Crippen LogP contribution in [0, 0.1) is 13.8 Å². The molecule has 146 valence electrons. The van der Waals surface area contributed by atoms with Gasteiger partial charge in [0, 0.05) is 16.7 Å². The molecule has 0 aromatic heterocycles. The average Bonchev–Trinajstić information content (AvgIpc) is 2.58. The molecule has 2 aromatic carbocycles. The largest absolute Gasteiger partial charge is 0.280 e. The zero-order valence-corrected chi connectivity index (χ0v) is 18.3. The highest BCUT2D eigenvalue weighted by Gasteiger charge is 2.28. The van der Waals surface area contributed by atoms with Gasteiger partial charge in [0.15, 0.2) is 0 Å². The number of anilines is 2. The second kappa shape index (κ2) is 7.44. The lowest BCUT2D eigenvalue weighted by Crippen LogP contribution is -2.38. The molecule has 0 saturated carbocycles. The SMILES string of the molecule is Cc1ccc(NS(=O)(=O)c2cc(N3CCCCS3(=O)=O)ccc2C)cc1Br. The number of rotatable bonds is 4. The molecule has 27 heavy (non-hydrogen) atoms. The summed E-state index contributed by atoms with van der Waals surface area (Å²) < 4.78 is 55.2. The zero-order chi connectivity index (χ0) is 19.8. The molecule has 1 N–H and O–H groups in total. The third-order valence-electron chi connectivity index (χ3n) is 4.52. The summed E-state index contributed by atoms with van der Waals surface area (Å²) in [7, 11) is -7.27. The van der Waals surface area contributed by atoms with E-state index in [1.165, 1.54) is 10.4 Å². The van der Waals surface area contributed by atoms with Crippen molar-refractivity contribution < 1.29 is 16.8 Å². The van der Waals surface area contributed by atoms with Gasteiger partial charge in [-0.15, -0.1) is 0 Å². The van der Waals surface area contributed by atoms with Gasteiger partial charge in [0.25, 0.3) is 10.0 Å². The molecule has 9 heteroatoms. The van der Waals surface area contributed by atoms with Crippen LogP contribution in [0.2, 0.25) is 0 Å². The van der Waals surface area contributed by atoms with Crippen LogP contribution in [-0.4, -0.2) is 29.1 Å². The Labute approximate surface area is 168 Å². The predicted octanol–water partition coefficient (Wildman–Crippen LogP) is 3.80. The van der Waals surface area contributed by atoms with E-state index in [9.17, 15) is 16.8 Å². The van der Waals surface area contributed by atoms with E-state index in [1.54, 1.807) is 31.2 Å². The Bertz CT molecular complexity index is 1080. The topological polar surface area (TPSA) is 83.6 Å². The third kappa shape index (κ3) is 4.30. The Morgan fingerprint density at radius 1 is 1.04 bits per heavy atom. The van der Waals surface area contributed by atoms with Crippen LogP contribution in [0.3, 0.4) is 0 Å². The van der Waals surface area contributed by atoms with Crippen LogP contribution in [0.4, 0.5) is 11.4 Å². The van der Waals surface area contributed by atoms with Crippen LogP contribution in [0.5, 0.6) is 0 Å². The van der Waals surface area contributed by atoms with E-state index >= 15 is 0 Å². The van der Waals surface area contributed by atoms with Crippen LogP contribution in [-0.2, 0) is 20.0 Å². The number of nitrogens with zero attached hydrogens (tertiary/aromatic N) is 1. The number of aryl methyl sites for hydroxylation is 2. The van der Waals surface area contributed by atoms with Gasteiger partial charge in [0.2, 0.25) is 10.0 Å². The lowest BCUT2D eigenvalue weighted by Gasteiger charge is -2.28. The zero-order valence-electron chi connectivity index (χ0n) is 15.1. The minimum absolute atomic E-state index is 0.0671. The minimum Gasteiger partial charge on any atom is -0.280 e. The summed E-state index contributed by atoms with van der Waals surface area (Å²) in [6, 6.07) is 9.92. The summed E-state index contributed by atoms with van der Waals surface area (Å²) in [4.78, 5) is 0.0671. The molecule has 0 radical (unpaired) electrons. The van der Waals surface area contributed by atoms with Gasteiger partial charge in [-0.1, -0.05) is 28.1 Å². The lowest BCUT2D eigenvalue weighted by atomic mass is 10.2. The van der Waals surface area contributed by atoms with Gasteiger partial charge >= 0.3 is 0 Å². The maximum atomic E-state index is 12.9. The molecular formula is C18H21BrN2O4S2. The summed E-state index contributed by atoms with van der Waals surface area (Å²) in [6.45, 7) is 3.96. The summed E-state index contributed by atoms with van der Waals surface area (Å²) in [5.74, 6) is 0.0819. The number of hydrogen-bond acceptors (Lipinski definition) is 4. The van der Waals surface area contributed by atoms with Gasteiger partial charge in [-0.25, -0.2) is 16.8 Å². The molecule has 6 nitrogen and oxygen atoms in total. The molecule has 0 atom stereocenters. The minimum atomic E-state index is -3.86. The first kappa shape index (κ1) is 20.2. The number of sulfonamides is 2. The van der Waals surface area contributed by atoms with Crippen molar-refractivity contribution in [2.75, 3.05) is 21.3 Å². The van der Waals surface area contributed by atoms with Gasteiger partial charge in [0.1, 0.15) is 0 Å². The summed E-state index contributed by atoms with van der Waals surface area (Å²) in [6.07, 6.45) is 1.38. The third-order valence-corrected chi connectivity index (χ3v) is 8.77. The molecule has 0 bridgehead atoms. The van der Waals surface area contributed by atoms with Crippen molar-refractivity contribution >= 4 is 47.4 Å². The lowest BCUT2D eigenvalue weighted by molar-refractivity contribution is 0.574. The van der Waals surface area contributed by atoms with Crippen molar-refractivity contribution in [2.45, 2.75) is 31.6 Å². The van der Waals surface area contributed by atoms with Gasteiger partial charge in [0.05, 0.1) is 16.3 Å². The highest BCUT2D eigenvalue weighted by Crippen LogP contribution is 2.29. The molecule has 0 aliphatic carbocycles. The normalized spacial score (nSPS) is 16.9. The Morgan fingerprint density at radius 2 is 1.74 bits per heavy atom. The fourth-order valence-electron chi connectivity index (χ4n) is 2.98. The molecule has 0 amide bonds. The van der Waals surface area contributed by atoms with E-state index in [0.29, 0.717) is 29.9 Å². The fraction of sp³-hybridized carbons (Fsp3) is 0.333. The number of nitrogens with one attached hydrogen (secondary N) is 1. The van der Waals surface area contributed by atoms with Gasteiger partial charge in [-0.2, -0.15) is 0 Å². The van der Waals surface area contributed by atoms with E-state index in [2.05, 4.69) is 20.7 Å². The first-order valence-corrected chi connectivity index (χ1v) is 12.4. The first-order chi connectivity index (χ1) is 12.6. The fourth-order valence-corrected chi connectivity index (χ4v) is 6.30. The number of benzene rings is 2. The van der Waals surface area contributed by atoms with E-state index < -0.39 is 20.0 Å². The van der Waals surface area contributed by atoms with Crippen LogP contribution >= 0.6 is 15.9 Å². The Hall–Kier alpha value is -1.58. The molecule has 1 saturated heterocycles. The van der Waals surface area contributed by atoms with Crippen molar-refractivity contribution in [3.05, 3.63) is 52.0 Å². The Balaban J connectivity index is 1.98. The molecule has 0 unspecified atom stereocenters. The monoisotopic (exact) mass is 472 g/mol. The maximum absolute atomic E-state index is 12.9. The Morgan fingerprint density at radius 3 is 2.41 bits per heavy atom. The van der Waals surface area contributed by atoms with Crippen LogP contribution < -0.4 is 9.03 Å². The van der Waals surface area contributed by atoms with E-state index in [-0.39, 0.29) is 10.6 Å². The van der Waals surface area contributed by atoms with Crippen molar-refractivity contribution in [2.24, 2.45) is 0 Å². The summed E-state index contributed by atoms with van der Waals surface area (Å²) in [5, 5.41) is 0. The van der Waals surface area contributed by atoms with Crippen molar-refractivity contribution in [1.29, 1.82) is 0 Å². The molecule has 1 aliphatic rings. The molecular weight excluding hydrogens is 452 g/mol. The second-order valence-corrected chi connectivity index (χ2v) is 11.1.